The molecule has 1 aromatic carbocycles. The third kappa shape index (κ3) is 3.56. The highest BCUT2D eigenvalue weighted by atomic mass is 16.5. The van der Waals surface area contributed by atoms with Crippen LogP contribution in [0.25, 0.3) is 0 Å². The first-order chi connectivity index (χ1) is 13.9. The van der Waals surface area contributed by atoms with Crippen molar-refractivity contribution in [2.75, 3.05) is 10.2 Å². The third-order valence-electron chi connectivity index (χ3n) is 4.85. The average molecular weight is 392 g/mol. The quantitative estimate of drug-likeness (QED) is 0.732. The van der Waals surface area contributed by atoms with Crippen molar-refractivity contribution in [1.82, 2.24) is 10.1 Å². The highest BCUT2D eigenvalue weighted by Crippen LogP contribution is 2.37. The van der Waals surface area contributed by atoms with E-state index in [-0.39, 0.29) is 11.8 Å². The number of fused-ring (bicyclic) bond motifs is 1. The van der Waals surface area contributed by atoms with E-state index >= 15 is 0 Å². The summed E-state index contributed by atoms with van der Waals surface area (Å²) in [6, 6.07) is 8.59. The maximum Gasteiger partial charge on any atom is 0.268 e. The summed E-state index contributed by atoms with van der Waals surface area (Å²) in [5.74, 6) is 0.778. The van der Waals surface area contributed by atoms with Gasteiger partial charge in [0.1, 0.15) is 11.5 Å². The molecule has 4 rings (SSSR count). The fraction of sp³-hybridized carbons (Fsp3) is 0.238. The van der Waals surface area contributed by atoms with E-state index in [9.17, 15) is 9.59 Å². The Kier molecular flexibility index (Phi) is 4.75. The van der Waals surface area contributed by atoms with Crippen LogP contribution in [0.4, 0.5) is 11.4 Å². The van der Waals surface area contributed by atoms with Crippen molar-refractivity contribution in [3.05, 3.63) is 65.3 Å². The third-order valence-corrected chi connectivity index (χ3v) is 4.85. The molecule has 1 atom stereocenters. The molecule has 0 unspecified atom stereocenters. The van der Waals surface area contributed by atoms with Gasteiger partial charge in [-0.3, -0.25) is 14.6 Å². The molecule has 148 valence electrons. The molecule has 0 radical (unpaired) electrons. The zero-order chi connectivity index (χ0) is 20.5. The Hall–Kier alpha value is -3.68. The Morgan fingerprint density at radius 1 is 1.28 bits per heavy atom. The van der Waals surface area contributed by atoms with Crippen molar-refractivity contribution in [2.45, 2.75) is 33.4 Å². The van der Waals surface area contributed by atoms with Crippen molar-refractivity contribution >= 4 is 23.2 Å². The Labute approximate surface area is 167 Å². The minimum absolute atomic E-state index is 0.173. The van der Waals surface area contributed by atoms with E-state index in [0.717, 1.165) is 11.3 Å². The second-order valence-corrected chi connectivity index (χ2v) is 6.87. The molecule has 0 saturated heterocycles. The maximum absolute atomic E-state index is 12.8. The Morgan fingerprint density at radius 3 is 2.79 bits per heavy atom. The number of hydrogen-bond acceptors (Lipinski definition) is 6. The smallest absolute Gasteiger partial charge is 0.268 e. The molecule has 1 aliphatic heterocycles. The van der Waals surface area contributed by atoms with Gasteiger partial charge in [-0.25, -0.2) is 0 Å². The first-order valence-corrected chi connectivity index (χ1v) is 9.19. The van der Waals surface area contributed by atoms with Crippen LogP contribution in [0.1, 0.15) is 34.3 Å². The number of rotatable bonds is 4. The van der Waals surface area contributed by atoms with Crippen LogP contribution >= 0.6 is 0 Å². The van der Waals surface area contributed by atoms with Gasteiger partial charge in [0.05, 0.1) is 23.5 Å². The number of amides is 2. The van der Waals surface area contributed by atoms with E-state index in [2.05, 4.69) is 15.5 Å². The van der Waals surface area contributed by atoms with E-state index in [0.29, 0.717) is 35.0 Å². The van der Waals surface area contributed by atoms with Crippen LogP contribution in [0.5, 0.6) is 5.75 Å². The van der Waals surface area contributed by atoms with E-state index in [1.807, 2.05) is 13.8 Å². The first-order valence-electron chi connectivity index (χ1n) is 9.19. The van der Waals surface area contributed by atoms with Gasteiger partial charge in [-0.05, 0) is 51.1 Å². The lowest BCUT2D eigenvalue weighted by Gasteiger charge is -2.33. The van der Waals surface area contributed by atoms with Crippen LogP contribution in [-0.2, 0) is 11.3 Å². The summed E-state index contributed by atoms with van der Waals surface area (Å²) in [6.45, 7) is 5.67. The van der Waals surface area contributed by atoms with Crippen LogP contribution < -0.4 is 15.0 Å². The van der Waals surface area contributed by atoms with Crippen LogP contribution in [0.3, 0.4) is 0 Å². The van der Waals surface area contributed by atoms with Crippen molar-refractivity contribution in [1.29, 1.82) is 0 Å². The number of carbonyl (C=O) groups is 2. The molecule has 2 amide bonds. The van der Waals surface area contributed by atoms with Crippen molar-refractivity contribution in [2.24, 2.45) is 0 Å². The molecule has 3 heterocycles. The van der Waals surface area contributed by atoms with E-state index in [1.54, 1.807) is 48.4 Å². The number of anilines is 2. The van der Waals surface area contributed by atoms with E-state index < -0.39 is 6.10 Å². The van der Waals surface area contributed by atoms with Gasteiger partial charge in [0.25, 0.3) is 11.8 Å². The number of aryl methyl sites for hydroxylation is 2. The van der Waals surface area contributed by atoms with Gasteiger partial charge in [0.2, 0.25) is 0 Å². The summed E-state index contributed by atoms with van der Waals surface area (Å²) >= 11 is 0. The lowest BCUT2D eigenvalue weighted by atomic mass is 10.1. The largest absolute Gasteiger partial charge is 0.479 e. The van der Waals surface area contributed by atoms with Gasteiger partial charge >= 0.3 is 0 Å². The minimum atomic E-state index is -0.612. The van der Waals surface area contributed by atoms with Crippen molar-refractivity contribution < 1.29 is 18.8 Å². The van der Waals surface area contributed by atoms with Gasteiger partial charge in [0.15, 0.2) is 6.10 Å². The Bertz CT molecular complexity index is 1060. The highest BCUT2D eigenvalue weighted by molar-refractivity contribution is 6.05. The van der Waals surface area contributed by atoms with Gasteiger partial charge in [-0.2, -0.15) is 0 Å². The molecule has 3 aromatic rings. The fourth-order valence-electron chi connectivity index (χ4n) is 3.23. The Morgan fingerprint density at radius 2 is 2.10 bits per heavy atom. The molecule has 0 aliphatic carbocycles. The number of ether oxygens (including phenoxy) is 1. The molecular formula is C21H20N4O4. The van der Waals surface area contributed by atoms with Gasteiger partial charge in [-0.1, -0.05) is 5.16 Å². The monoisotopic (exact) mass is 392 g/mol. The zero-order valence-electron chi connectivity index (χ0n) is 16.3. The molecule has 0 bridgehead atoms. The summed E-state index contributed by atoms with van der Waals surface area (Å²) in [4.78, 5) is 30.9. The summed E-state index contributed by atoms with van der Waals surface area (Å²) in [5.41, 5.74) is 3.16. The summed E-state index contributed by atoms with van der Waals surface area (Å²) in [5, 5.41) is 6.80. The molecule has 0 saturated carbocycles. The van der Waals surface area contributed by atoms with Crippen molar-refractivity contribution in [3.8, 4) is 5.75 Å². The van der Waals surface area contributed by atoms with E-state index in [4.69, 9.17) is 9.26 Å². The topological polar surface area (TPSA) is 97.6 Å². The average Bonchev–Trinajstić information content (AvgIpc) is 3.04. The minimum Gasteiger partial charge on any atom is -0.479 e. The molecule has 1 N–H and O–H groups in total. The number of pyridine rings is 1. The fourth-order valence-corrected chi connectivity index (χ4v) is 3.23. The van der Waals surface area contributed by atoms with Gasteiger partial charge in [-0.15, -0.1) is 0 Å². The van der Waals surface area contributed by atoms with Crippen LogP contribution in [0, 0.1) is 13.8 Å². The van der Waals surface area contributed by atoms with Gasteiger partial charge < -0.3 is 19.5 Å². The number of carbonyl (C=O) groups excluding carboxylic acids is 2. The summed E-state index contributed by atoms with van der Waals surface area (Å²) < 4.78 is 11.0. The molecule has 0 spiro atoms. The van der Waals surface area contributed by atoms with Crippen LogP contribution in [-0.4, -0.2) is 28.1 Å². The maximum atomic E-state index is 12.8. The first kappa shape index (κ1) is 18.7. The zero-order valence-corrected chi connectivity index (χ0v) is 16.3. The normalized spacial score (nSPS) is 15.6. The number of nitrogens with one attached hydrogen (secondary N) is 1. The predicted molar refractivity (Wildman–Crippen MR) is 106 cm³/mol. The number of hydrogen-bond donors (Lipinski definition) is 1. The number of aromatic nitrogens is 2. The van der Waals surface area contributed by atoms with Crippen molar-refractivity contribution in [3.63, 3.8) is 0 Å². The second-order valence-electron chi connectivity index (χ2n) is 6.87. The van der Waals surface area contributed by atoms with Gasteiger partial charge in [0, 0.05) is 23.6 Å². The lowest BCUT2D eigenvalue weighted by molar-refractivity contribution is -0.125. The standard InChI is InChI=1S/C21H20N4O4/c1-12-17(13(2)29-24-12)11-25-18-9-16(6-7-19(18)28-14(3)21(25)27)23-20(26)15-5-4-8-22-10-15/h4-10,14H,11H2,1-3H3,(H,23,26)/t14-/m1/s1. The molecule has 0 fully saturated rings. The number of nitrogens with zero attached hydrogens (tertiary/aromatic N) is 3. The molecule has 2 aromatic heterocycles. The van der Waals surface area contributed by atoms with Crippen LogP contribution in [0.2, 0.25) is 0 Å². The summed E-state index contributed by atoms with van der Waals surface area (Å²) in [7, 11) is 0. The molecule has 8 nitrogen and oxygen atoms in total. The lowest BCUT2D eigenvalue weighted by Crippen LogP contribution is -2.44. The second kappa shape index (κ2) is 7.38. The predicted octanol–water partition coefficient (Wildman–Crippen LogP) is 3.25. The highest BCUT2D eigenvalue weighted by Gasteiger charge is 2.33. The Balaban J connectivity index is 1.66. The molecule has 8 heteroatoms. The molecule has 29 heavy (non-hydrogen) atoms. The summed E-state index contributed by atoms with van der Waals surface area (Å²) in [6.07, 6.45) is 2.48. The van der Waals surface area contributed by atoms with Crippen LogP contribution in [0.15, 0.2) is 47.2 Å². The number of benzene rings is 1. The SMILES string of the molecule is Cc1noc(C)c1CN1C(=O)[C@@H](C)Oc2ccc(NC(=O)c3cccnc3)cc21. The molecular weight excluding hydrogens is 372 g/mol. The van der Waals surface area contributed by atoms with E-state index in [1.165, 1.54) is 6.20 Å². The molecule has 1 aliphatic rings.